The van der Waals surface area contributed by atoms with E-state index in [4.69, 9.17) is 22.3 Å². The third-order valence-electron chi connectivity index (χ3n) is 3.99. The number of nitrogen functional groups attached to an aromatic ring is 1. The molecule has 0 aliphatic carbocycles. The van der Waals surface area contributed by atoms with E-state index in [0.29, 0.717) is 10.8 Å². The van der Waals surface area contributed by atoms with E-state index in [1.165, 1.54) is 0 Å². The third kappa shape index (κ3) is 3.02. The first-order valence-electron chi connectivity index (χ1n) is 8.16. The zero-order valence-corrected chi connectivity index (χ0v) is 15.6. The lowest BCUT2D eigenvalue weighted by atomic mass is 10.0. The zero-order chi connectivity index (χ0) is 18.1. The van der Waals surface area contributed by atoms with Crippen molar-refractivity contribution in [3.05, 3.63) is 53.7 Å². The van der Waals surface area contributed by atoms with E-state index in [0.717, 1.165) is 44.2 Å². The molecule has 0 saturated heterocycles. The molecule has 26 heavy (non-hydrogen) atoms. The largest absolute Gasteiger partial charge is 0.381 e. The molecule has 0 fully saturated rings. The number of nitrogens with zero attached hydrogens (tertiary/aromatic N) is 3. The van der Waals surface area contributed by atoms with Gasteiger partial charge in [0.25, 0.3) is 0 Å². The number of H-pyrrole nitrogens is 1. The van der Waals surface area contributed by atoms with E-state index in [-0.39, 0.29) is 0 Å². The normalized spacial score (nSPS) is 11.2. The van der Waals surface area contributed by atoms with Crippen LogP contribution in [0.5, 0.6) is 0 Å². The van der Waals surface area contributed by atoms with Gasteiger partial charge >= 0.3 is 0 Å². The van der Waals surface area contributed by atoms with Crippen LogP contribution in [0.2, 0.25) is 5.02 Å². The number of aromatic amines is 1. The summed E-state index contributed by atoms with van der Waals surface area (Å²) in [5, 5.41) is 9.23. The van der Waals surface area contributed by atoms with E-state index < -0.39 is 0 Å². The predicted molar refractivity (Wildman–Crippen MR) is 108 cm³/mol. The zero-order valence-electron chi connectivity index (χ0n) is 14.0. The Morgan fingerprint density at radius 3 is 2.62 bits per heavy atom. The number of aromatic nitrogens is 4. The number of rotatable bonds is 4. The standard InChI is InChI=1S/C19H16ClN5S/c1-2-26-19-18(21)23-16(11-6-4-3-5-7-11)17(24-19)12-8-13-10-22-25-15(13)14(20)9-12/h3-10H,2H2,1H3,(H2,21,23)(H,22,25). The fourth-order valence-electron chi connectivity index (χ4n) is 2.83. The van der Waals surface area contributed by atoms with E-state index in [9.17, 15) is 0 Å². The van der Waals surface area contributed by atoms with Crippen LogP contribution in [0.25, 0.3) is 33.4 Å². The van der Waals surface area contributed by atoms with Gasteiger partial charge in [-0.2, -0.15) is 5.10 Å². The molecule has 4 rings (SSSR count). The highest BCUT2D eigenvalue weighted by molar-refractivity contribution is 7.99. The smallest absolute Gasteiger partial charge is 0.156 e. The molecule has 0 bridgehead atoms. The maximum atomic E-state index is 6.43. The second kappa shape index (κ2) is 6.97. The minimum absolute atomic E-state index is 0.440. The number of benzene rings is 2. The molecule has 4 aromatic rings. The predicted octanol–water partition coefficient (Wildman–Crippen LogP) is 5.03. The number of thioether (sulfide) groups is 1. The molecular formula is C19H16ClN5S. The number of hydrogen-bond acceptors (Lipinski definition) is 5. The average Bonchev–Trinajstić information content (AvgIpc) is 3.13. The molecule has 0 aliphatic heterocycles. The lowest BCUT2D eigenvalue weighted by Gasteiger charge is -2.13. The number of nitrogens with two attached hydrogens (primary N) is 1. The fraction of sp³-hybridized carbons (Fsp3) is 0.105. The number of anilines is 1. The summed E-state index contributed by atoms with van der Waals surface area (Å²) >= 11 is 8.01. The van der Waals surface area contributed by atoms with Crippen LogP contribution in [-0.4, -0.2) is 25.9 Å². The number of fused-ring (bicyclic) bond motifs is 1. The molecule has 0 saturated carbocycles. The molecular weight excluding hydrogens is 366 g/mol. The topological polar surface area (TPSA) is 80.5 Å². The summed E-state index contributed by atoms with van der Waals surface area (Å²) in [5.41, 5.74) is 10.3. The van der Waals surface area contributed by atoms with Crippen molar-refractivity contribution in [1.29, 1.82) is 0 Å². The Labute approximate surface area is 160 Å². The molecule has 0 atom stereocenters. The summed E-state index contributed by atoms with van der Waals surface area (Å²) in [6.07, 6.45) is 1.75. The van der Waals surface area contributed by atoms with Crippen LogP contribution < -0.4 is 5.73 Å². The number of hydrogen-bond donors (Lipinski definition) is 2. The van der Waals surface area contributed by atoms with Crippen LogP contribution in [0.3, 0.4) is 0 Å². The summed E-state index contributed by atoms with van der Waals surface area (Å²) in [6.45, 7) is 2.06. The fourth-order valence-corrected chi connectivity index (χ4v) is 3.72. The van der Waals surface area contributed by atoms with Crippen LogP contribution in [0, 0.1) is 0 Å². The SMILES string of the molecule is CCSc1nc(-c2cc(Cl)c3[nH]ncc3c2)c(-c2ccccc2)nc1N. The van der Waals surface area contributed by atoms with Crippen LogP contribution in [-0.2, 0) is 0 Å². The molecule has 7 heteroatoms. The van der Waals surface area contributed by atoms with Crippen molar-refractivity contribution in [2.45, 2.75) is 11.9 Å². The van der Waals surface area contributed by atoms with Crippen molar-refractivity contribution in [3.8, 4) is 22.5 Å². The first-order chi connectivity index (χ1) is 12.7. The molecule has 0 radical (unpaired) electrons. The van der Waals surface area contributed by atoms with Gasteiger partial charge < -0.3 is 5.73 Å². The third-order valence-corrected chi connectivity index (χ3v) is 5.15. The van der Waals surface area contributed by atoms with Crippen LogP contribution >= 0.6 is 23.4 Å². The molecule has 2 heterocycles. The van der Waals surface area contributed by atoms with E-state index >= 15 is 0 Å². The Morgan fingerprint density at radius 1 is 1.08 bits per heavy atom. The first kappa shape index (κ1) is 16.9. The highest BCUT2D eigenvalue weighted by Crippen LogP contribution is 2.36. The molecule has 3 N–H and O–H groups in total. The molecule has 5 nitrogen and oxygen atoms in total. The van der Waals surface area contributed by atoms with Crippen molar-refractivity contribution < 1.29 is 0 Å². The number of nitrogens with one attached hydrogen (secondary N) is 1. The van der Waals surface area contributed by atoms with E-state index in [2.05, 4.69) is 22.1 Å². The van der Waals surface area contributed by atoms with Gasteiger partial charge in [0, 0.05) is 16.5 Å². The van der Waals surface area contributed by atoms with Gasteiger partial charge in [-0.1, -0.05) is 48.9 Å². The first-order valence-corrected chi connectivity index (χ1v) is 9.52. The van der Waals surface area contributed by atoms with Gasteiger partial charge in [-0.05, 0) is 17.9 Å². The molecule has 0 unspecified atom stereocenters. The molecule has 0 amide bonds. The lowest BCUT2D eigenvalue weighted by molar-refractivity contribution is 1.08. The second-order valence-corrected chi connectivity index (χ2v) is 7.36. The van der Waals surface area contributed by atoms with Crippen molar-refractivity contribution in [1.82, 2.24) is 20.2 Å². The van der Waals surface area contributed by atoms with Crippen LogP contribution in [0.4, 0.5) is 5.82 Å². The molecule has 2 aromatic heterocycles. The van der Waals surface area contributed by atoms with Gasteiger partial charge in [-0.15, -0.1) is 11.8 Å². The van der Waals surface area contributed by atoms with Crippen molar-refractivity contribution >= 4 is 40.1 Å². The summed E-state index contributed by atoms with van der Waals surface area (Å²) < 4.78 is 0. The second-order valence-electron chi connectivity index (χ2n) is 5.70. The van der Waals surface area contributed by atoms with Crippen molar-refractivity contribution in [2.75, 3.05) is 11.5 Å². The van der Waals surface area contributed by atoms with Gasteiger partial charge in [-0.25, -0.2) is 9.97 Å². The van der Waals surface area contributed by atoms with E-state index in [1.54, 1.807) is 18.0 Å². The highest BCUT2D eigenvalue weighted by atomic mass is 35.5. The average molecular weight is 382 g/mol. The summed E-state index contributed by atoms with van der Waals surface area (Å²) in [6, 6.07) is 13.8. The minimum Gasteiger partial charge on any atom is -0.381 e. The molecule has 0 spiro atoms. The van der Waals surface area contributed by atoms with Crippen LogP contribution in [0.15, 0.2) is 53.7 Å². The lowest BCUT2D eigenvalue weighted by Crippen LogP contribution is -2.02. The Balaban J connectivity index is 1.98. The summed E-state index contributed by atoms with van der Waals surface area (Å²) in [4.78, 5) is 9.49. The highest BCUT2D eigenvalue weighted by Gasteiger charge is 2.17. The van der Waals surface area contributed by atoms with Gasteiger partial charge in [0.15, 0.2) is 5.82 Å². The Kier molecular flexibility index (Phi) is 4.53. The number of halogens is 1. The summed E-state index contributed by atoms with van der Waals surface area (Å²) in [5.74, 6) is 1.31. The van der Waals surface area contributed by atoms with Crippen molar-refractivity contribution in [2.24, 2.45) is 0 Å². The Morgan fingerprint density at radius 2 is 1.85 bits per heavy atom. The van der Waals surface area contributed by atoms with Gasteiger partial charge in [0.2, 0.25) is 0 Å². The van der Waals surface area contributed by atoms with Crippen LogP contribution in [0.1, 0.15) is 6.92 Å². The Bertz CT molecular complexity index is 1080. The quantitative estimate of drug-likeness (QED) is 0.484. The van der Waals surface area contributed by atoms with E-state index in [1.807, 2.05) is 42.5 Å². The van der Waals surface area contributed by atoms with Gasteiger partial charge in [0.1, 0.15) is 5.03 Å². The maximum absolute atomic E-state index is 6.43. The monoisotopic (exact) mass is 381 g/mol. The molecule has 2 aromatic carbocycles. The molecule has 0 aliphatic rings. The van der Waals surface area contributed by atoms with Gasteiger partial charge in [0.05, 0.1) is 28.1 Å². The minimum atomic E-state index is 0.440. The van der Waals surface area contributed by atoms with Crippen molar-refractivity contribution in [3.63, 3.8) is 0 Å². The molecule has 130 valence electrons. The maximum Gasteiger partial charge on any atom is 0.156 e. The Hall–Kier alpha value is -2.57. The van der Waals surface area contributed by atoms with Gasteiger partial charge in [-0.3, -0.25) is 5.10 Å². The summed E-state index contributed by atoms with van der Waals surface area (Å²) in [7, 11) is 0.